The first-order chi connectivity index (χ1) is 10.7. The molecule has 2 N–H and O–H groups in total. The molecule has 0 aliphatic rings. The van der Waals surface area contributed by atoms with Gasteiger partial charge in [0.2, 0.25) is 0 Å². The van der Waals surface area contributed by atoms with Crippen LogP contribution in [0.3, 0.4) is 0 Å². The molecule has 3 rings (SSSR count). The van der Waals surface area contributed by atoms with Crippen molar-refractivity contribution in [2.75, 3.05) is 0 Å². The van der Waals surface area contributed by atoms with Crippen LogP contribution in [0.2, 0.25) is 5.02 Å². The van der Waals surface area contributed by atoms with Crippen LogP contribution in [-0.2, 0) is 0 Å². The number of rotatable bonds is 2. The number of hydrogen-bond donors (Lipinski definition) is 2. The van der Waals surface area contributed by atoms with Crippen LogP contribution in [-0.4, -0.2) is 10.2 Å². The van der Waals surface area contributed by atoms with Gasteiger partial charge in [-0.1, -0.05) is 72.3 Å². The summed E-state index contributed by atoms with van der Waals surface area (Å²) >= 11 is 5.50. The highest BCUT2D eigenvalue weighted by atomic mass is 35.5. The highest BCUT2D eigenvalue weighted by Crippen LogP contribution is 2.20. The van der Waals surface area contributed by atoms with Crippen molar-refractivity contribution in [2.24, 2.45) is 0 Å². The summed E-state index contributed by atoms with van der Waals surface area (Å²) in [7, 11) is 0. The van der Waals surface area contributed by atoms with Crippen molar-refractivity contribution in [3.05, 3.63) is 101 Å². The van der Waals surface area contributed by atoms with Gasteiger partial charge in [0.25, 0.3) is 0 Å². The second kappa shape index (κ2) is 8.23. The van der Waals surface area contributed by atoms with Gasteiger partial charge < -0.3 is 10.2 Å². The van der Waals surface area contributed by atoms with Crippen LogP contribution in [0, 0.1) is 0 Å². The molecular formula is C19H17ClO2. The van der Waals surface area contributed by atoms with E-state index >= 15 is 0 Å². The second-order valence-electron chi connectivity index (χ2n) is 4.70. The Morgan fingerprint density at radius 3 is 1.41 bits per heavy atom. The zero-order valence-electron chi connectivity index (χ0n) is 11.9. The maximum Gasteiger partial charge on any atom is 0.115 e. The molecule has 0 amide bonds. The summed E-state index contributed by atoms with van der Waals surface area (Å²) in [5.74, 6) is 0.245. The predicted molar refractivity (Wildman–Crippen MR) is 90.1 cm³/mol. The molecule has 0 bridgehead atoms. The number of phenols is 1. The first kappa shape index (κ1) is 16.1. The molecule has 0 aliphatic carbocycles. The van der Waals surface area contributed by atoms with Crippen LogP contribution in [0.1, 0.15) is 17.2 Å². The minimum absolute atomic E-state index is 0.245. The Morgan fingerprint density at radius 1 is 0.636 bits per heavy atom. The lowest BCUT2D eigenvalue weighted by Crippen LogP contribution is -1.98. The van der Waals surface area contributed by atoms with Gasteiger partial charge in [-0.3, -0.25) is 0 Å². The van der Waals surface area contributed by atoms with E-state index in [-0.39, 0.29) is 5.75 Å². The monoisotopic (exact) mass is 312 g/mol. The molecule has 0 radical (unpaired) electrons. The number of aliphatic hydroxyl groups excluding tert-OH is 1. The van der Waals surface area contributed by atoms with E-state index in [1.807, 2.05) is 60.7 Å². The lowest BCUT2D eigenvalue weighted by atomic mass is 10.0. The summed E-state index contributed by atoms with van der Waals surface area (Å²) in [6, 6.07) is 25.7. The van der Waals surface area contributed by atoms with Gasteiger partial charge in [0.1, 0.15) is 11.9 Å². The topological polar surface area (TPSA) is 40.5 Å². The molecule has 2 nitrogen and oxygen atoms in total. The molecule has 0 spiro atoms. The van der Waals surface area contributed by atoms with Gasteiger partial charge in [-0.05, 0) is 35.4 Å². The van der Waals surface area contributed by atoms with Crippen molar-refractivity contribution < 1.29 is 10.2 Å². The molecule has 3 heteroatoms. The van der Waals surface area contributed by atoms with Gasteiger partial charge in [0, 0.05) is 5.02 Å². The van der Waals surface area contributed by atoms with Crippen LogP contribution in [0.5, 0.6) is 5.75 Å². The molecule has 0 saturated carbocycles. The Hall–Kier alpha value is -2.29. The van der Waals surface area contributed by atoms with Crippen molar-refractivity contribution in [1.29, 1.82) is 0 Å². The van der Waals surface area contributed by atoms with Gasteiger partial charge in [-0.2, -0.15) is 0 Å². The molecule has 0 heterocycles. The normalized spacial score (nSPS) is 9.95. The average Bonchev–Trinajstić information content (AvgIpc) is 2.59. The average molecular weight is 313 g/mol. The summed E-state index contributed by atoms with van der Waals surface area (Å²) in [5, 5.41) is 19.3. The molecule has 22 heavy (non-hydrogen) atoms. The Bertz CT molecular complexity index is 606. The summed E-state index contributed by atoms with van der Waals surface area (Å²) < 4.78 is 0. The summed E-state index contributed by atoms with van der Waals surface area (Å²) in [4.78, 5) is 0. The van der Waals surface area contributed by atoms with Crippen LogP contribution >= 0.6 is 11.6 Å². The molecule has 0 unspecified atom stereocenters. The third-order valence-corrected chi connectivity index (χ3v) is 3.31. The first-order valence-corrected chi connectivity index (χ1v) is 7.27. The molecule has 0 saturated heterocycles. The first-order valence-electron chi connectivity index (χ1n) is 6.89. The van der Waals surface area contributed by atoms with Gasteiger partial charge >= 0.3 is 0 Å². The number of aliphatic hydroxyl groups is 1. The number of phenolic OH excluding ortho intramolecular Hbond substituents is 1. The maximum atomic E-state index is 9.99. The highest BCUT2D eigenvalue weighted by Gasteiger charge is 2.07. The number of aromatic hydroxyl groups is 1. The van der Waals surface area contributed by atoms with Crippen LogP contribution in [0.4, 0.5) is 0 Å². The summed E-state index contributed by atoms with van der Waals surface area (Å²) in [6.07, 6.45) is -0.516. The molecule has 0 aliphatic heterocycles. The standard InChI is InChI=1S/C13H12O.C6H5ClO/c14-13(11-7-3-1-4-8-11)12-9-5-2-6-10-12;7-5-1-3-6(8)4-2-5/h1-10,13-14H;1-4,8H. The van der Waals surface area contributed by atoms with E-state index in [4.69, 9.17) is 16.7 Å². The van der Waals surface area contributed by atoms with Crippen molar-refractivity contribution in [1.82, 2.24) is 0 Å². The van der Waals surface area contributed by atoms with Gasteiger partial charge in [-0.25, -0.2) is 0 Å². The minimum Gasteiger partial charge on any atom is -0.508 e. The second-order valence-corrected chi connectivity index (χ2v) is 5.14. The molecule has 0 aromatic heterocycles. The quantitative estimate of drug-likeness (QED) is 0.712. The van der Waals surface area contributed by atoms with Gasteiger partial charge in [0.05, 0.1) is 0 Å². The van der Waals surface area contributed by atoms with Crippen LogP contribution in [0.15, 0.2) is 84.9 Å². The summed E-state index contributed by atoms with van der Waals surface area (Å²) in [5.41, 5.74) is 1.86. The number of halogens is 1. The van der Waals surface area contributed by atoms with E-state index in [9.17, 15) is 5.11 Å². The molecule has 0 fully saturated rings. The van der Waals surface area contributed by atoms with Gasteiger partial charge in [0.15, 0.2) is 0 Å². The lowest BCUT2D eigenvalue weighted by Gasteiger charge is -2.10. The molecule has 0 atom stereocenters. The fraction of sp³-hybridized carbons (Fsp3) is 0.0526. The maximum absolute atomic E-state index is 9.99. The molecule has 3 aromatic carbocycles. The van der Waals surface area contributed by atoms with Crippen molar-refractivity contribution >= 4 is 11.6 Å². The smallest absolute Gasteiger partial charge is 0.115 e. The zero-order chi connectivity index (χ0) is 15.8. The molecule has 112 valence electrons. The largest absolute Gasteiger partial charge is 0.508 e. The van der Waals surface area contributed by atoms with Crippen LogP contribution < -0.4 is 0 Å². The van der Waals surface area contributed by atoms with Crippen molar-refractivity contribution in [3.8, 4) is 5.75 Å². The van der Waals surface area contributed by atoms with E-state index in [0.29, 0.717) is 5.02 Å². The fourth-order valence-electron chi connectivity index (χ4n) is 1.90. The third-order valence-electron chi connectivity index (χ3n) is 3.06. The number of hydrogen-bond acceptors (Lipinski definition) is 2. The fourth-order valence-corrected chi connectivity index (χ4v) is 2.03. The van der Waals surface area contributed by atoms with E-state index in [0.717, 1.165) is 11.1 Å². The van der Waals surface area contributed by atoms with E-state index in [1.54, 1.807) is 24.3 Å². The van der Waals surface area contributed by atoms with E-state index < -0.39 is 6.10 Å². The van der Waals surface area contributed by atoms with Gasteiger partial charge in [-0.15, -0.1) is 0 Å². The Balaban J connectivity index is 0.000000188. The Kier molecular flexibility index (Phi) is 6.01. The highest BCUT2D eigenvalue weighted by molar-refractivity contribution is 6.30. The predicted octanol–water partition coefficient (Wildman–Crippen LogP) is 4.81. The SMILES string of the molecule is OC(c1ccccc1)c1ccccc1.Oc1ccc(Cl)cc1. The lowest BCUT2D eigenvalue weighted by molar-refractivity contribution is 0.220. The Morgan fingerprint density at radius 2 is 1.05 bits per heavy atom. The van der Waals surface area contributed by atoms with Crippen molar-refractivity contribution in [3.63, 3.8) is 0 Å². The minimum atomic E-state index is -0.516. The Labute approximate surface area is 135 Å². The number of benzene rings is 3. The van der Waals surface area contributed by atoms with E-state index in [2.05, 4.69) is 0 Å². The third kappa shape index (κ3) is 4.92. The summed E-state index contributed by atoms with van der Waals surface area (Å²) in [6.45, 7) is 0. The molecular weight excluding hydrogens is 296 g/mol. The molecule has 3 aromatic rings. The van der Waals surface area contributed by atoms with E-state index in [1.165, 1.54) is 0 Å². The van der Waals surface area contributed by atoms with Crippen LogP contribution in [0.25, 0.3) is 0 Å². The van der Waals surface area contributed by atoms with Crippen molar-refractivity contribution in [2.45, 2.75) is 6.10 Å². The zero-order valence-corrected chi connectivity index (χ0v) is 12.7.